The number of carbonyl (C=O) groups excluding carboxylic acids is 5. The zero-order chi connectivity index (χ0) is 26.8. The monoisotopic (exact) mass is 620 g/mol. The van der Waals surface area contributed by atoms with E-state index in [0.29, 0.717) is 5.56 Å². The fraction of sp³-hybridized carbons (Fsp3) is 0.522. The number of carbonyl (C=O) groups is 5. The van der Waals surface area contributed by atoms with Gasteiger partial charge in [-0.1, -0.05) is 0 Å². The maximum absolute atomic E-state index is 12.4. The van der Waals surface area contributed by atoms with E-state index in [-0.39, 0.29) is 25.6 Å². The second kappa shape index (κ2) is 14.1. The molecule has 36 heavy (non-hydrogen) atoms. The molecule has 12 nitrogen and oxygen atoms in total. The molecule has 1 amide bonds. The van der Waals surface area contributed by atoms with Crippen molar-refractivity contribution < 1.29 is 47.7 Å². The summed E-state index contributed by atoms with van der Waals surface area (Å²) in [4.78, 5) is 59.2. The summed E-state index contributed by atoms with van der Waals surface area (Å²) < 4.78 is 27.9. The lowest BCUT2D eigenvalue weighted by molar-refractivity contribution is -0.271. The third kappa shape index (κ3) is 9.35. The minimum absolute atomic E-state index is 0.154. The second-order valence-electron chi connectivity index (χ2n) is 7.85. The Morgan fingerprint density at radius 2 is 1.42 bits per heavy atom. The molecule has 0 spiro atoms. The molecule has 1 aliphatic rings. The molecule has 1 saturated heterocycles. The maximum atomic E-state index is 12.4. The summed E-state index contributed by atoms with van der Waals surface area (Å²) in [5.41, 5.74) is 0.482. The topological polar surface area (TPSA) is 156 Å². The number of rotatable bonds is 10. The first kappa shape index (κ1) is 29.5. The van der Waals surface area contributed by atoms with Gasteiger partial charge in [-0.15, -0.1) is 0 Å². The minimum Gasteiger partial charge on any atom is -0.463 e. The van der Waals surface area contributed by atoms with Crippen molar-refractivity contribution in [2.75, 3.05) is 19.7 Å². The van der Waals surface area contributed by atoms with Crippen molar-refractivity contribution in [3.63, 3.8) is 0 Å². The Morgan fingerprint density at radius 1 is 0.833 bits per heavy atom. The van der Waals surface area contributed by atoms with Gasteiger partial charge < -0.3 is 34.3 Å². The molecule has 2 N–H and O–H groups in total. The Morgan fingerprint density at radius 3 is 1.97 bits per heavy atom. The highest BCUT2D eigenvalue weighted by molar-refractivity contribution is 14.1. The van der Waals surface area contributed by atoms with Crippen LogP contribution in [0, 0.1) is 3.57 Å². The first-order valence-corrected chi connectivity index (χ1v) is 12.1. The molecule has 1 aliphatic heterocycles. The molecule has 0 radical (unpaired) electrons. The average molecular weight is 620 g/mol. The van der Waals surface area contributed by atoms with E-state index in [1.807, 2.05) is 12.1 Å². The smallest absolute Gasteiger partial charge is 0.304 e. The van der Waals surface area contributed by atoms with Gasteiger partial charge in [-0.2, -0.15) is 0 Å². The second-order valence-corrected chi connectivity index (χ2v) is 9.09. The van der Waals surface area contributed by atoms with Crippen LogP contribution in [0.2, 0.25) is 0 Å². The van der Waals surface area contributed by atoms with E-state index in [0.717, 1.165) is 10.5 Å². The lowest BCUT2D eigenvalue weighted by Gasteiger charge is -2.44. The summed E-state index contributed by atoms with van der Waals surface area (Å²) in [6.45, 7) is 4.65. The fourth-order valence-corrected chi connectivity index (χ4v) is 3.86. The number of benzene rings is 1. The van der Waals surface area contributed by atoms with Gasteiger partial charge in [0.2, 0.25) is 6.29 Å². The summed E-state index contributed by atoms with van der Waals surface area (Å²) in [5, 5.41) is 5.79. The maximum Gasteiger partial charge on any atom is 0.304 e. The van der Waals surface area contributed by atoms with Crippen molar-refractivity contribution in [2.24, 2.45) is 0 Å². The van der Waals surface area contributed by atoms with Crippen molar-refractivity contribution in [3.8, 4) is 0 Å². The van der Waals surface area contributed by atoms with Gasteiger partial charge in [0.25, 0.3) is 5.91 Å². The summed E-state index contributed by atoms with van der Waals surface area (Å²) in [6.07, 6.45) is -4.73. The van der Waals surface area contributed by atoms with Crippen LogP contribution in [-0.4, -0.2) is 80.1 Å². The minimum atomic E-state index is -1.29. The molecule has 1 heterocycles. The lowest BCUT2D eigenvalue weighted by Crippen LogP contribution is -2.66. The van der Waals surface area contributed by atoms with Gasteiger partial charge >= 0.3 is 23.9 Å². The Kier molecular flexibility index (Phi) is 11.5. The number of esters is 4. The van der Waals surface area contributed by atoms with E-state index in [4.69, 9.17) is 23.7 Å². The first-order valence-electron chi connectivity index (χ1n) is 11.1. The van der Waals surface area contributed by atoms with Crippen LogP contribution in [0.15, 0.2) is 24.3 Å². The molecule has 1 fully saturated rings. The molecule has 1 aromatic rings. The van der Waals surface area contributed by atoms with Crippen LogP contribution in [0.5, 0.6) is 0 Å². The molecular formula is C23H29IN2O10. The fourth-order valence-electron chi connectivity index (χ4n) is 3.50. The van der Waals surface area contributed by atoms with Gasteiger partial charge in [-0.05, 0) is 46.9 Å². The number of hydrogen-bond donors (Lipinski definition) is 2. The van der Waals surface area contributed by atoms with Crippen molar-refractivity contribution in [2.45, 2.75) is 58.3 Å². The lowest BCUT2D eigenvalue weighted by atomic mass is 9.96. The molecule has 198 valence electrons. The van der Waals surface area contributed by atoms with Gasteiger partial charge in [-0.3, -0.25) is 24.0 Å². The summed E-state index contributed by atoms with van der Waals surface area (Å²) in [6, 6.07) is 6.02. The van der Waals surface area contributed by atoms with E-state index < -0.39 is 54.5 Å². The van der Waals surface area contributed by atoms with E-state index in [9.17, 15) is 24.0 Å². The molecule has 0 bridgehead atoms. The summed E-state index contributed by atoms with van der Waals surface area (Å²) >= 11 is 2.14. The number of nitrogens with one attached hydrogen (secondary N) is 2. The number of hydrogen-bond acceptors (Lipinski definition) is 11. The quantitative estimate of drug-likeness (QED) is 0.164. The molecule has 0 saturated carbocycles. The highest BCUT2D eigenvalue weighted by Gasteiger charge is 2.51. The van der Waals surface area contributed by atoms with E-state index in [2.05, 4.69) is 33.2 Å². The average Bonchev–Trinajstić information content (AvgIpc) is 2.77. The molecule has 0 aliphatic carbocycles. The Balaban J connectivity index is 2.19. The van der Waals surface area contributed by atoms with Crippen molar-refractivity contribution in [3.05, 3.63) is 33.4 Å². The van der Waals surface area contributed by atoms with Gasteiger partial charge in [0.1, 0.15) is 18.8 Å². The largest absolute Gasteiger partial charge is 0.463 e. The SMILES string of the molecule is CC(=O)OCC1OC(OC(C)=O)C(NCCNC(=O)c2ccc(I)cc2)C(OC(C)=O)C1OC(C)=O. The highest BCUT2D eigenvalue weighted by atomic mass is 127. The third-order valence-corrected chi connectivity index (χ3v) is 5.60. The van der Waals surface area contributed by atoms with Crippen molar-refractivity contribution >= 4 is 52.4 Å². The Hall–Kier alpha value is -2.78. The van der Waals surface area contributed by atoms with E-state index in [1.165, 1.54) is 20.8 Å². The molecule has 5 atom stereocenters. The molecular weight excluding hydrogens is 591 g/mol. The number of halogens is 1. The number of amides is 1. The standard InChI is InChI=1S/C23H29IN2O10/c1-12(27)32-11-18-20(33-13(2)28)21(34-14(3)29)19(23(36-18)35-15(4)30)25-9-10-26-22(31)16-5-7-17(24)8-6-16/h5-8,18-21,23,25H,9-11H2,1-4H3,(H,26,31). The molecule has 0 aromatic heterocycles. The predicted molar refractivity (Wildman–Crippen MR) is 131 cm³/mol. The van der Waals surface area contributed by atoms with Gasteiger partial charge in [0.15, 0.2) is 12.2 Å². The third-order valence-electron chi connectivity index (χ3n) is 4.88. The van der Waals surface area contributed by atoms with Crippen LogP contribution >= 0.6 is 22.6 Å². The highest BCUT2D eigenvalue weighted by Crippen LogP contribution is 2.28. The van der Waals surface area contributed by atoms with Gasteiger partial charge in [-0.25, -0.2) is 0 Å². The molecule has 1 aromatic carbocycles. The van der Waals surface area contributed by atoms with Crippen LogP contribution in [-0.2, 0) is 42.9 Å². The summed E-state index contributed by atoms with van der Waals surface area (Å²) in [7, 11) is 0. The van der Waals surface area contributed by atoms with Crippen LogP contribution in [0.1, 0.15) is 38.1 Å². The first-order chi connectivity index (χ1) is 17.0. The molecule has 13 heteroatoms. The van der Waals surface area contributed by atoms with E-state index in [1.54, 1.807) is 12.1 Å². The zero-order valence-corrected chi connectivity index (χ0v) is 22.4. The van der Waals surface area contributed by atoms with Gasteiger partial charge in [0.05, 0.1) is 0 Å². The summed E-state index contributed by atoms with van der Waals surface area (Å²) in [5.74, 6) is -2.97. The predicted octanol–water partition coefficient (Wildman–Crippen LogP) is 0.694. The zero-order valence-electron chi connectivity index (χ0n) is 20.3. The normalized spacial score (nSPS) is 23.2. The van der Waals surface area contributed by atoms with Crippen LogP contribution in [0.3, 0.4) is 0 Å². The van der Waals surface area contributed by atoms with Crippen molar-refractivity contribution in [1.82, 2.24) is 10.6 Å². The Bertz CT molecular complexity index is 955. The van der Waals surface area contributed by atoms with Crippen LogP contribution in [0.25, 0.3) is 0 Å². The van der Waals surface area contributed by atoms with E-state index >= 15 is 0 Å². The molecule has 5 unspecified atom stereocenters. The van der Waals surface area contributed by atoms with Gasteiger partial charge in [0, 0.05) is 49.9 Å². The van der Waals surface area contributed by atoms with Crippen LogP contribution < -0.4 is 10.6 Å². The molecule has 2 rings (SSSR count). The van der Waals surface area contributed by atoms with Crippen LogP contribution in [0.4, 0.5) is 0 Å². The Labute approximate surface area is 221 Å². The van der Waals surface area contributed by atoms with Crippen molar-refractivity contribution in [1.29, 1.82) is 0 Å². The number of ether oxygens (including phenoxy) is 5.